The molecule has 0 aromatic carbocycles. The highest BCUT2D eigenvalue weighted by Gasteiger charge is 2.51. The second kappa shape index (κ2) is 24.4. The summed E-state index contributed by atoms with van der Waals surface area (Å²) in [5, 5.41) is 5.29. The van der Waals surface area contributed by atoms with Crippen LogP contribution in [0, 0.1) is 11.3 Å². The Labute approximate surface area is 282 Å². The van der Waals surface area contributed by atoms with Crippen LogP contribution in [0.4, 0.5) is 0 Å². The number of carbonyl (C=O) groups excluding carboxylic acids is 2. The molecule has 0 aromatic rings. The maximum absolute atomic E-state index is 11.4. The van der Waals surface area contributed by atoms with Crippen molar-refractivity contribution in [2.45, 2.75) is 104 Å². The summed E-state index contributed by atoms with van der Waals surface area (Å²) < 4.78 is 57.9. The van der Waals surface area contributed by atoms with E-state index < -0.39 is 49.0 Å². The molecule has 2 fully saturated rings. The van der Waals surface area contributed by atoms with Crippen molar-refractivity contribution in [2.75, 3.05) is 75.8 Å². The summed E-state index contributed by atoms with van der Waals surface area (Å²) in [6.07, 6.45) is -3.78. The summed E-state index contributed by atoms with van der Waals surface area (Å²) in [6.45, 7) is 18.9. The second-order valence-corrected chi connectivity index (χ2v) is 12.6. The number of hydrogen-bond donors (Lipinski definition) is 2. The van der Waals surface area contributed by atoms with Crippen molar-refractivity contribution in [3.05, 3.63) is 12.7 Å². The molecule has 14 heteroatoms. The first-order chi connectivity index (χ1) is 22.2. The molecule has 2 heterocycles. The Kier molecular flexibility index (Phi) is 23.5. The van der Waals surface area contributed by atoms with Gasteiger partial charge in [0.15, 0.2) is 6.29 Å². The van der Waals surface area contributed by atoms with E-state index in [9.17, 15) is 9.59 Å². The molecule has 2 amide bonds. The molecule has 278 valence electrons. The van der Waals surface area contributed by atoms with Gasteiger partial charge in [-0.25, -0.2) is 0 Å². The lowest BCUT2D eigenvalue weighted by Crippen LogP contribution is -2.64. The van der Waals surface area contributed by atoms with Crippen LogP contribution in [0.2, 0.25) is 0 Å². The Morgan fingerprint density at radius 1 is 0.830 bits per heavy atom. The van der Waals surface area contributed by atoms with Crippen molar-refractivity contribution in [3.63, 3.8) is 0 Å². The van der Waals surface area contributed by atoms with E-state index in [1.807, 2.05) is 27.7 Å². The SMILES string of the molecule is C=CC(=O)NCOCC1OC(OC2C(COC)OCC(OC)C2OC)C(OC)C(OC)C1OC.CC(C)C.CCNC(=O)C(C)(C)C. The zero-order valence-corrected chi connectivity index (χ0v) is 31.0. The third-order valence-electron chi connectivity index (χ3n) is 6.97. The first-order valence-electron chi connectivity index (χ1n) is 16.0. The molecule has 0 spiro atoms. The highest BCUT2D eigenvalue weighted by atomic mass is 16.7. The average molecular weight is 681 g/mol. The minimum Gasteiger partial charge on any atom is -0.382 e. The Morgan fingerprint density at radius 3 is 1.83 bits per heavy atom. The Hall–Kier alpha value is -1.72. The van der Waals surface area contributed by atoms with E-state index in [1.165, 1.54) is 0 Å². The van der Waals surface area contributed by atoms with Crippen LogP contribution < -0.4 is 10.6 Å². The van der Waals surface area contributed by atoms with Gasteiger partial charge in [-0.05, 0) is 18.9 Å². The lowest BCUT2D eigenvalue weighted by Gasteiger charge is -2.48. The lowest BCUT2D eigenvalue weighted by atomic mass is 9.96. The number of carbonyl (C=O) groups is 2. The van der Waals surface area contributed by atoms with E-state index in [1.54, 1.807) is 42.7 Å². The first kappa shape index (κ1) is 45.3. The molecule has 0 radical (unpaired) electrons. The second-order valence-electron chi connectivity index (χ2n) is 12.6. The highest BCUT2D eigenvalue weighted by molar-refractivity contribution is 5.86. The normalized spacial score (nSPS) is 29.1. The molecule has 14 nitrogen and oxygen atoms in total. The Morgan fingerprint density at radius 2 is 1.40 bits per heavy atom. The van der Waals surface area contributed by atoms with E-state index in [-0.39, 0.29) is 43.3 Å². The molecule has 2 aliphatic rings. The molecule has 9 atom stereocenters. The number of methoxy groups -OCH3 is 6. The van der Waals surface area contributed by atoms with E-state index in [4.69, 9.17) is 47.4 Å². The highest BCUT2D eigenvalue weighted by Crippen LogP contribution is 2.32. The summed E-state index contributed by atoms with van der Waals surface area (Å²) in [5.74, 6) is 0.605. The van der Waals surface area contributed by atoms with Crippen molar-refractivity contribution >= 4 is 11.8 Å². The van der Waals surface area contributed by atoms with Gasteiger partial charge in [0, 0.05) is 54.6 Å². The Balaban J connectivity index is 0.00000137. The zero-order chi connectivity index (χ0) is 36.2. The van der Waals surface area contributed by atoms with Gasteiger partial charge in [0.1, 0.15) is 55.6 Å². The smallest absolute Gasteiger partial charge is 0.245 e. The average Bonchev–Trinajstić information content (AvgIpc) is 3.02. The molecular weight excluding hydrogens is 616 g/mol. The molecule has 2 N–H and O–H groups in total. The summed E-state index contributed by atoms with van der Waals surface area (Å²) in [5.41, 5.74) is -0.240. The zero-order valence-electron chi connectivity index (χ0n) is 31.0. The summed E-state index contributed by atoms with van der Waals surface area (Å²) in [6, 6.07) is 0. The van der Waals surface area contributed by atoms with Crippen LogP contribution in [0.5, 0.6) is 0 Å². The molecule has 0 saturated carbocycles. The fourth-order valence-corrected chi connectivity index (χ4v) is 4.67. The van der Waals surface area contributed by atoms with E-state index in [0.29, 0.717) is 6.61 Å². The van der Waals surface area contributed by atoms with Gasteiger partial charge in [0.2, 0.25) is 11.8 Å². The van der Waals surface area contributed by atoms with Crippen LogP contribution in [-0.2, 0) is 57.0 Å². The van der Waals surface area contributed by atoms with Gasteiger partial charge in [0.05, 0.1) is 19.8 Å². The Bertz CT molecular complexity index is 853. The summed E-state index contributed by atoms with van der Waals surface area (Å²) in [4.78, 5) is 22.3. The van der Waals surface area contributed by atoms with Gasteiger partial charge < -0.3 is 58.0 Å². The molecule has 9 unspecified atom stereocenters. The minimum atomic E-state index is -0.876. The van der Waals surface area contributed by atoms with Crippen LogP contribution in [0.15, 0.2) is 12.7 Å². The van der Waals surface area contributed by atoms with Crippen molar-refractivity contribution in [2.24, 2.45) is 11.3 Å². The summed E-state index contributed by atoms with van der Waals surface area (Å²) in [7, 11) is 9.41. The topological polar surface area (TPSA) is 151 Å². The van der Waals surface area contributed by atoms with Crippen molar-refractivity contribution in [1.82, 2.24) is 10.6 Å². The van der Waals surface area contributed by atoms with Gasteiger partial charge in [-0.15, -0.1) is 0 Å². The van der Waals surface area contributed by atoms with Crippen LogP contribution in [0.1, 0.15) is 48.5 Å². The molecule has 2 aliphatic heterocycles. The van der Waals surface area contributed by atoms with Gasteiger partial charge in [-0.2, -0.15) is 0 Å². The molecule has 0 bridgehead atoms. The van der Waals surface area contributed by atoms with Gasteiger partial charge in [-0.3, -0.25) is 9.59 Å². The monoisotopic (exact) mass is 680 g/mol. The molecule has 2 saturated heterocycles. The third kappa shape index (κ3) is 16.0. The van der Waals surface area contributed by atoms with Crippen LogP contribution in [0.3, 0.4) is 0 Å². The van der Waals surface area contributed by atoms with Crippen molar-refractivity contribution < 1.29 is 57.0 Å². The predicted octanol–water partition coefficient (Wildman–Crippen LogP) is 2.32. The van der Waals surface area contributed by atoms with Gasteiger partial charge in [0.25, 0.3) is 0 Å². The molecule has 47 heavy (non-hydrogen) atoms. The quantitative estimate of drug-likeness (QED) is 0.149. The maximum Gasteiger partial charge on any atom is 0.245 e. The molecule has 0 aromatic heterocycles. The number of nitrogens with one attached hydrogen (secondary N) is 2. The first-order valence-corrected chi connectivity index (χ1v) is 16.0. The van der Waals surface area contributed by atoms with E-state index in [0.717, 1.165) is 18.5 Å². The van der Waals surface area contributed by atoms with Crippen LogP contribution in [0.25, 0.3) is 0 Å². The fourth-order valence-electron chi connectivity index (χ4n) is 4.67. The molecule has 0 aliphatic carbocycles. The summed E-state index contributed by atoms with van der Waals surface area (Å²) >= 11 is 0. The lowest BCUT2D eigenvalue weighted by molar-refractivity contribution is -0.346. The predicted molar refractivity (Wildman–Crippen MR) is 177 cm³/mol. The maximum atomic E-state index is 11.4. The third-order valence-corrected chi connectivity index (χ3v) is 6.97. The van der Waals surface area contributed by atoms with Crippen LogP contribution in [-0.4, -0.2) is 143 Å². The number of hydrogen-bond acceptors (Lipinski definition) is 12. The standard InChI is InChI=1S/C22H39NO11.C7H15NO.C4H10/c1-8-16(24)23-12-31-10-15-18(28-5)20(29-6)21(30-7)22(33-15)34-19-14(9-25-2)32-11-13(26-3)17(19)27-4;1-5-8-6(9)7(2,3)4;1-4(2)3/h8,13-15,17-22H,1,9-12H2,2-7H3,(H,23,24);5H2,1-4H3,(H,8,9);4H,1-3H3. The van der Waals surface area contributed by atoms with Crippen LogP contribution >= 0.6 is 0 Å². The fraction of sp³-hybridized carbons (Fsp3) is 0.879. The number of rotatable bonds is 15. The molecular formula is C33H64N2O12. The van der Waals surface area contributed by atoms with E-state index >= 15 is 0 Å². The van der Waals surface area contributed by atoms with Crippen molar-refractivity contribution in [1.29, 1.82) is 0 Å². The van der Waals surface area contributed by atoms with Crippen molar-refractivity contribution in [3.8, 4) is 0 Å². The largest absolute Gasteiger partial charge is 0.382 e. The number of amides is 2. The van der Waals surface area contributed by atoms with Gasteiger partial charge >= 0.3 is 0 Å². The minimum absolute atomic E-state index is 0.0222. The van der Waals surface area contributed by atoms with E-state index in [2.05, 4.69) is 38.0 Å². The number of ether oxygens (including phenoxy) is 10. The van der Waals surface area contributed by atoms with Gasteiger partial charge in [-0.1, -0.05) is 48.1 Å². The molecule has 2 rings (SSSR count).